The van der Waals surface area contributed by atoms with Crippen LogP contribution in [0.3, 0.4) is 0 Å². The number of hydrogen-bond acceptors (Lipinski definition) is 3. The lowest BCUT2D eigenvalue weighted by molar-refractivity contribution is 0.253. The second-order valence-electron chi connectivity index (χ2n) is 1.60. The van der Waals surface area contributed by atoms with Crippen LogP contribution >= 0.6 is 34.5 Å². The largest absolute Gasteiger partial charge is 0.468 e. The van der Waals surface area contributed by atoms with Crippen LogP contribution in [0.5, 0.6) is 0 Å². The van der Waals surface area contributed by atoms with E-state index in [0.29, 0.717) is 0 Å². The monoisotopic (exact) mass is 303 g/mol. The summed E-state index contributed by atoms with van der Waals surface area (Å²) < 4.78 is 7.92. The van der Waals surface area contributed by atoms with Crippen LogP contribution in [0.1, 0.15) is 0 Å². The lowest BCUT2D eigenvalue weighted by Crippen LogP contribution is -2.20. The molecule has 0 radical (unpaired) electrons. The average molecular weight is 303 g/mol. The third-order valence-corrected chi connectivity index (χ3v) is 2.76. The molecule has 5 nitrogen and oxygen atoms in total. The molecule has 70 valence electrons. The zero-order valence-corrected chi connectivity index (χ0v) is 9.52. The quantitative estimate of drug-likeness (QED) is 0.201. The van der Waals surface area contributed by atoms with Gasteiger partial charge in [0.25, 0.3) is 6.02 Å². The molecular formula is C5H10IN3O2S. The number of carbonyl (C=O) groups is 1. The summed E-state index contributed by atoms with van der Waals surface area (Å²) in [7, 11) is 1.35. The highest BCUT2D eigenvalue weighted by Gasteiger charge is 1.98. The van der Waals surface area contributed by atoms with Gasteiger partial charge in [0.05, 0.1) is 7.11 Å². The van der Waals surface area contributed by atoms with Crippen molar-refractivity contribution in [3.63, 3.8) is 0 Å². The minimum Gasteiger partial charge on any atom is -0.468 e. The molecule has 0 bridgehead atoms. The van der Waals surface area contributed by atoms with Gasteiger partial charge in [-0.2, -0.15) is 0 Å². The van der Waals surface area contributed by atoms with Crippen molar-refractivity contribution < 1.29 is 9.53 Å². The van der Waals surface area contributed by atoms with E-state index in [-0.39, 0.29) is 6.02 Å². The van der Waals surface area contributed by atoms with E-state index in [1.165, 1.54) is 19.1 Å². The number of hydrogen-bond donors (Lipinski definition) is 2. The van der Waals surface area contributed by atoms with Crippen LogP contribution in [-0.4, -0.2) is 29.3 Å². The number of nitrogens with one attached hydrogen (secondary N) is 1. The summed E-state index contributed by atoms with van der Waals surface area (Å²) in [5.41, 5.74) is 5.13. The van der Waals surface area contributed by atoms with Gasteiger partial charge in [-0.05, 0) is 11.9 Å². The molecule has 0 aromatic heterocycles. The number of nitrogens with zero attached hydrogens (tertiary/aromatic N) is 1. The van der Waals surface area contributed by atoms with Crippen LogP contribution in [0.25, 0.3) is 0 Å². The summed E-state index contributed by atoms with van der Waals surface area (Å²) in [6, 6.07) is -0.633. The lowest BCUT2D eigenvalue weighted by atomic mass is 11.0. The van der Waals surface area contributed by atoms with Crippen molar-refractivity contribution in [2.24, 2.45) is 10.7 Å². The molecule has 0 unspecified atom stereocenters. The Morgan fingerprint density at radius 3 is 3.00 bits per heavy atom. The summed E-state index contributed by atoms with van der Waals surface area (Å²) >= 11 is 3.50. The number of ether oxygens (including phenoxy) is 1. The number of halogens is 1. The predicted molar refractivity (Wildman–Crippen MR) is 58.5 cm³/mol. The maximum absolute atomic E-state index is 10.8. The van der Waals surface area contributed by atoms with E-state index in [9.17, 15) is 4.79 Å². The Balaban J connectivity index is 3.59. The number of carbonyl (C=O) groups excluding carboxylic acids is 1. The topological polar surface area (TPSA) is 76.7 Å². The number of amidine groups is 1. The molecule has 0 aromatic rings. The first kappa shape index (κ1) is 11.8. The van der Waals surface area contributed by atoms with E-state index in [2.05, 4.69) is 37.0 Å². The SMILES string of the molecule is CO/C(N)=N\C(=O)NSCCI. The first-order chi connectivity index (χ1) is 5.70. The van der Waals surface area contributed by atoms with Gasteiger partial charge in [-0.3, -0.25) is 4.72 Å². The van der Waals surface area contributed by atoms with Crippen LogP contribution in [0.4, 0.5) is 4.79 Å². The Bertz CT molecular complexity index is 176. The van der Waals surface area contributed by atoms with Gasteiger partial charge in [0.2, 0.25) is 0 Å². The molecular weight excluding hydrogens is 293 g/mol. The summed E-state index contributed by atoms with van der Waals surface area (Å²) in [4.78, 5) is 14.2. The molecule has 0 aliphatic rings. The van der Waals surface area contributed by atoms with Crippen molar-refractivity contribution in [3.05, 3.63) is 0 Å². The van der Waals surface area contributed by atoms with Gasteiger partial charge >= 0.3 is 6.03 Å². The number of alkyl halides is 1. The zero-order valence-electron chi connectivity index (χ0n) is 6.54. The normalized spacial score (nSPS) is 11.0. The fourth-order valence-corrected chi connectivity index (χ4v) is 1.33. The number of nitrogens with two attached hydrogens (primary N) is 1. The number of urea groups is 1. The number of amides is 2. The Morgan fingerprint density at radius 2 is 2.50 bits per heavy atom. The van der Waals surface area contributed by atoms with E-state index in [0.717, 1.165) is 10.2 Å². The molecule has 0 rings (SSSR count). The maximum atomic E-state index is 10.8. The molecule has 0 aliphatic carbocycles. The van der Waals surface area contributed by atoms with Crippen molar-refractivity contribution in [2.45, 2.75) is 0 Å². The van der Waals surface area contributed by atoms with Gasteiger partial charge in [-0.1, -0.05) is 22.6 Å². The van der Waals surface area contributed by atoms with Gasteiger partial charge in [0.1, 0.15) is 0 Å². The van der Waals surface area contributed by atoms with Crippen LogP contribution in [-0.2, 0) is 4.74 Å². The maximum Gasteiger partial charge on any atom is 0.355 e. The Hall–Kier alpha value is -0.180. The molecule has 0 atom stereocenters. The fourth-order valence-electron chi connectivity index (χ4n) is 0.320. The first-order valence-electron chi connectivity index (χ1n) is 3.06. The minimum absolute atomic E-state index is 0.137. The van der Waals surface area contributed by atoms with Gasteiger partial charge in [0.15, 0.2) is 0 Å². The van der Waals surface area contributed by atoms with Crippen LogP contribution in [0.15, 0.2) is 4.99 Å². The van der Waals surface area contributed by atoms with E-state index in [1.807, 2.05) is 0 Å². The number of rotatable bonds is 3. The van der Waals surface area contributed by atoms with Crippen molar-refractivity contribution in [1.82, 2.24) is 4.72 Å². The molecule has 0 aliphatic heterocycles. The van der Waals surface area contributed by atoms with E-state index in [4.69, 9.17) is 5.73 Å². The second kappa shape index (κ2) is 7.47. The molecule has 0 spiro atoms. The van der Waals surface area contributed by atoms with Crippen molar-refractivity contribution >= 4 is 46.6 Å². The molecule has 0 saturated heterocycles. The minimum atomic E-state index is -0.496. The van der Waals surface area contributed by atoms with Crippen molar-refractivity contribution in [2.75, 3.05) is 17.3 Å². The number of aliphatic imine (C=N–C) groups is 1. The van der Waals surface area contributed by atoms with E-state index < -0.39 is 6.03 Å². The average Bonchev–Trinajstić information content (AvgIpc) is 2.05. The van der Waals surface area contributed by atoms with Crippen LogP contribution in [0.2, 0.25) is 0 Å². The summed E-state index contributed by atoms with van der Waals surface area (Å²) in [6.45, 7) is 0. The molecule has 12 heavy (non-hydrogen) atoms. The van der Waals surface area contributed by atoms with E-state index in [1.54, 1.807) is 0 Å². The molecule has 2 amide bonds. The summed E-state index contributed by atoms with van der Waals surface area (Å²) in [6.07, 6.45) is 0. The van der Waals surface area contributed by atoms with Gasteiger partial charge in [-0.25, -0.2) is 4.79 Å². The third kappa shape index (κ3) is 6.53. The highest BCUT2D eigenvalue weighted by atomic mass is 127. The Kier molecular flexibility index (Phi) is 7.36. The standard InChI is InChI=1S/C5H10IN3O2S/c1-11-4(7)8-5(10)9-12-3-2-6/h2-3H2,1H3,(H3,7,8,9,10). The van der Waals surface area contributed by atoms with Crippen LogP contribution in [0, 0.1) is 0 Å². The second-order valence-corrected chi connectivity index (χ2v) is 3.58. The van der Waals surface area contributed by atoms with Crippen LogP contribution < -0.4 is 10.5 Å². The summed E-state index contributed by atoms with van der Waals surface area (Å²) in [5, 5.41) is 0. The van der Waals surface area contributed by atoms with Gasteiger partial charge in [0, 0.05) is 10.2 Å². The molecule has 3 N–H and O–H groups in total. The molecule has 0 heterocycles. The molecule has 7 heteroatoms. The Labute approximate surface area is 88.8 Å². The smallest absolute Gasteiger partial charge is 0.355 e. The fraction of sp³-hybridized carbons (Fsp3) is 0.600. The first-order valence-corrected chi connectivity index (χ1v) is 5.57. The summed E-state index contributed by atoms with van der Waals surface area (Å²) in [5.74, 6) is 0.842. The Morgan fingerprint density at radius 1 is 1.83 bits per heavy atom. The van der Waals surface area contributed by atoms with Crippen molar-refractivity contribution in [3.8, 4) is 0 Å². The number of methoxy groups -OCH3 is 1. The molecule has 0 fully saturated rings. The highest BCUT2D eigenvalue weighted by molar-refractivity contribution is 14.1. The third-order valence-electron chi connectivity index (χ3n) is 0.760. The van der Waals surface area contributed by atoms with E-state index >= 15 is 0 Å². The van der Waals surface area contributed by atoms with Gasteiger partial charge in [-0.15, -0.1) is 4.99 Å². The lowest BCUT2D eigenvalue weighted by Gasteiger charge is -1.98. The predicted octanol–water partition coefficient (Wildman–Crippen LogP) is 0.740. The van der Waals surface area contributed by atoms with Crippen molar-refractivity contribution in [1.29, 1.82) is 0 Å². The van der Waals surface area contributed by atoms with Gasteiger partial charge < -0.3 is 10.5 Å². The molecule has 0 aromatic carbocycles. The zero-order chi connectivity index (χ0) is 9.40. The highest BCUT2D eigenvalue weighted by Crippen LogP contribution is 1.96. The molecule has 0 saturated carbocycles.